The SMILES string of the molecule is CC(C)[C@@H]1CC[C@@H](C)C[C@H]1OCCBr. The quantitative estimate of drug-likeness (QED) is 0.700. The topological polar surface area (TPSA) is 9.23 Å². The summed E-state index contributed by atoms with van der Waals surface area (Å²) in [6.45, 7) is 7.86. The Morgan fingerprint density at radius 3 is 2.64 bits per heavy atom. The Morgan fingerprint density at radius 2 is 2.07 bits per heavy atom. The first kappa shape index (κ1) is 12.5. The van der Waals surface area contributed by atoms with Gasteiger partial charge in [-0.1, -0.05) is 43.1 Å². The lowest BCUT2D eigenvalue weighted by atomic mass is 9.75. The highest BCUT2D eigenvalue weighted by molar-refractivity contribution is 9.09. The number of hydrogen-bond acceptors (Lipinski definition) is 1. The van der Waals surface area contributed by atoms with E-state index in [4.69, 9.17) is 4.74 Å². The number of rotatable bonds is 4. The predicted octanol–water partition coefficient (Wildman–Crippen LogP) is 3.86. The molecule has 1 aliphatic carbocycles. The third-order valence-electron chi connectivity index (χ3n) is 3.37. The molecule has 1 saturated carbocycles. The van der Waals surface area contributed by atoms with Crippen LogP contribution in [0.2, 0.25) is 0 Å². The van der Waals surface area contributed by atoms with Crippen LogP contribution in [0.4, 0.5) is 0 Å². The summed E-state index contributed by atoms with van der Waals surface area (Å²) in [5.41, 5.74) is 0. The summed E-state index contributed by atoms with van der Waals surface area (Å²) in [4.78, 5) is 0. The zero-order chi connectivity index (χ0) is 10.6. The molecule has 2 heteroatoms. The van der Waals surface area contributed by atoms with Crippen molar-refractivity contribution in [3.8, 4) is 0 Å². The standard InChI is InChI=1S/C12H23BrO/c1-9(2)11-5-4-10(3)8-12(11)14-7-6-13/h9-12H,4-8H2,1-3H3/t10-,11+,12-/m1/s1. The number of hydrogen-bond donors (Lipinski definition) is 0. The van der Waals surface area contributed by atoms with Gasteiger partial charge in [0.25, 0.3) is 0 Å². The zero-order valence-corrected chi connectivity index (χ0v) is 11.2. The van der Waals surface area contributed by atoms with Crippen molar-refractivity contribution in [1.82, 2.24) is 0 Å². The van der Waals surface area contributed by atoms with Gasteiger partial charge in [0.2, 0.25) is 0 Å². The maximum absolute atomic E-state index is 5.93. The van der Waals surface area contributed by atoms with E-state index in [2.05, 4.69) is 36.7 Å². The minimum Gasteiger partial charge on any atom is -0.377 e. The van der Waals surface area contributed by atoms with Crippen LogP contribution in [0, 0.1) is 17.8 Å². The van der Waals surface area contributed by atoms with Crippen molar-refractivity contribution in [1.29, 1.82) is 0 Å². The summed E-state index contributed by atoms with van der Waals surface area (Å²) in [5, 5.41) is 0.961. The second kappa shape index (κ2) is 6.12. The van der Waals surface area contributed by atoms with Gasteiger partial charge >= 0.3 is 0 Å². The van der Waals surface area contributed by atoms with Gasteiger partial charge in [-0.25, -0.2) is 0 Å². The predicted molar refractivity (Wildman–Crippen MR) is 64.9 cm³/mol. The smallest absolute Gasteiger partial charge is 0.0608 e. The minimum absolute atomic E-state index is 0.510. The van der Waals surface area contributed by atoms with Gasteiger partial charge in [0.15, 0.2) is 0 Å². The highest BCUT2D eigenvalue weighted by Crippen LogP contribution is 2.35. The van der Waals surface area contributed by atoms with E-state index in [1.807, 2.05) is 0 Å². The van der Waals surface area contributed by atoms with Crippen LogP contribution in [0.3, 0.4) is 0 Å². The number of ether oxygens (including phenoxy) is 1. The molecule has 84 valence electrons. The largest absolute Gasteiger partial charge is 0.377 e. The molecule has 0 heterocycles. The molecule has 0 radical (unpaired) electrons. The fraction of sp³-hybridized carbons (Fsp3) is 1.00. The second-order valence-corrected chi connectivity index (χ2v) is 5.72. The molecule has 3 atom stereocenters. The van der Waals surface area contributed by atoms with Crippen molar-refractivity contribution >= 4 is 15.9 Å². The molecule has 0 aliphatic heterocycles. The monoisotopic (exact) mass is 262 g/mol. The van der Waals surface area contributed by atoms with Crippen molar-refractivity contribution in [2.24, 2.45) is 17.8 Å². The van der Waals surface area contributed by atoms with Crippen molar-refractivity contribution in [3.05, 3.63) is 0 Å². The molecule has 1 fully saturated rings. The summed E-state index contributed by atoms with van der Waals surface area (Å²) in [6, 6.07) is 0. The van der Waals surface area contributed by atoms with Gasteiger partial charge in [-0.3, -0.25) is 0 Å². The average Bonchev–Trinajstić information content (AvgIpc) is 2.14. The molecular weight excluding hydrogens is 240 g/mol. The van der Waals surface area contributed by atoms with E-state index in [-0.39, 0.29) is 0 Å². The van der Waals surface area contributed by atoms with E-state index in [1.165, 1.54) is 19.3 Å². The molecule has 0 N–H and O–H groups in total. The molecule has 0 unspecified atom stereocenters. The summed E-state index contributed by atoms with van der Waals surface area (Å²) in [7, 11) is 0. The zero-order valence-electron chi connectivity index (χ0n) is 9.63. The van der Waals surface area contributed by atoms with E-state index < -0.39 is 0 Å². The summed E-state index contributed by atoms with van der Waals surface area (Å²) in [6.07, 6.45) is 4.51. The van der Waals surface area contributed by atoms with Gasteiger partial charge in [-0.05, 0) is 30.6 Å². The Kier molecular flexibility index (Phi) is 5.47. The Balaban J connectivity index is 2.45. The first-order valence-corrected chi connectivity index (χ1v) is 6.94. The maximum Gasteiger partial charge on any atom is 0.0608 e. The lowest BCUT2D eigenvalue weighted by Gasteiger charge is -2.37. The Morgan fingerprint density at radius 1 is 1.36 bits per heavy atom. The van der Waals surface area contributed by atoms with E-state index in [9.17, 15) is 0 Å². The van der Waals surface area contributed by atoms with Crippen LogP contribution in [0.15, 0.2) is 0 Å². The van der Waals surface area contributed by atoms with Crippen LogP contribution in [0.5, 0.6) is 0 Å². The summed E-state index contributed by atoms with van der Waals surface area (Å²) in [5.74, 6) is 2.40. The fourth-order valence-corrected chi connectivity index (χ4v) is 2.69. The van der Waals surface area contributed by atoms with Crippen LogP contribution in [-0.2, 0) is 4.74 Å². The van der Waals surface area contributed by atoms with Crippen molar-refractivity contribution < 1.29 is 4.74 Å². The van der Waals surface area contributed by atoms with E-state index in [0.29, 0.717) is 6.10 Å². The first-order valence-electron chi connectivity index (χ1n) is 5.82. The third-order valence-corrected chi connectivity index (χ3v) is 3.69. The normalized spacial score (nSPS) is 33.6. The molecular formula is C12H23BrO. The van der Waals surface area contributed by atoms with Gasteiger partial charge < -0.3 is 4.74 Å². The van der Waals surface area contributed by atoms with Gasteiger partial charge in [0, 0.05) is 5.33 Å². The molecule has 0 bridgehead atoms. The highest BCUT2D eigenvalue weighted by Gasteiger charge is 2.30. The molecule has 1 aliphatic rings. The molecule has 0 amide bonds. The summed E-state index contributed by atoms with van der Waals surface area (Å²) >= 11 is 3.42. The maximum atomic E-state index is 5.93. The molecule has 0 aromatic rings. The summed E-state index contributed by atoms with van der Waals surface area (Å²) < 4.78 is 5.93. The second-order valence-electron chi connectivity index (χ2n) is 4.92. The number of halogens is 1. The molecule has 0 aromatic heterocycles. The number of alkyl halides is 1. The van der Waals surface area contributed by atoms with Gasteiger partial charge in [0.05, 0.1) is 12.7 Å². The molecule has 14 heavy (non-hydrogen) atoms. The van der Waals surface area contributed by atoms with E-state index in [1.54, 1.807) is 0 Å². The van der Waals surface area contributed by atoms with Gasteiger partial charge in [-0.2, -0.15) is 0 Å². The molecule has 1 rings (SSSR count). The third kappa shape index (κ3) is 3.54. The lowest BCUT2D eigenvalue weighted by Crippen LogP contribution is -2.34. The van der Waals surface area contributed by atoms with Crippen molar-refractivity contribution in [2.45, 2.75) is 46.1 Å². The van der Waals surface area contributed by atoms with Crippen LogP contribution < -0.4 is 0 Å². The highest BCUT2D eigenvalue weighted by atomic mass is 79.9. The van der Waals surface area contributed by atoms with Crippen molar-refractivity contribution in [3.63, 3.8) is 0 Å². The van der Waals surface area contributed by atoms with E-state index in [0.717, 1.165) is 29.7 Å². The molecule has 0 aromatic carbocycles. The van der Waals surface area contributed by atoms with Crippen LogP contribution in [0.1, 0.15) is 40.0 Å². The lowest BCUT2D eigenvalue weighted by molar-refractivity contribution is -0.0313. The van der Waals surface area contributed by atoms with Crippen LogP contribution in [-0.4, -0.2) is 18.0 Å². The molecule has 1 nitrogen and oxygen atoms in total. The van der Waals surface area contributed by atoms with Gasteiger partial charge in [-0.15, -0.1) is 0 Å². The Bertz CT molecular complexity index is 158. The average molecular weight is 263 g/mol. The van der Waals surface area contributed by atoms with Crippen LogP contribution in [0.25, 0.3) is 0 Å². The fourth-order valence-electron chi connectivity index (χ4n) is 2.50. The Labute approximate surface area is 96.7 Å². The van der Waals surface area contributed by atoms with Crippen molar-refractivity contribution in [2.75, 3.05) is 11.9 Å². The first-order chi connectivity index (χ1) is 6.65. The molecule has 0 spiro atoms. The Hall–Kier alpha value is 0.440. The molecule has 0 saturated heterocycles. The minimum atomic E-state index is 0.510. The van der Waals surface area contributed by atoms with Gasteiger partial charge in [0.1, 0.15) is 0 Å². The van der Waals surface area contributed by atoms with Crippen LogP contribution >= 0.6 is 15.9 Å². The van der Waals surface area contributed by atoms with E-state index >= 15 is 0 Å².